The van der Waals surface area contributed by atoms with E-state index in [0.717, 1.165) is 38.2 Å². The van der Waals surface area contributed by atoms with Crippen LogP contribution in [0.4, 0.5) is 0 Å². The van der Waals surface area contributed by atoms with Crippen LogP contribution in [-0.4, -0.2) is 54.8 Å². The summed E-state index contributed by atoms with van der Waals surface area (Å²) in [7, 11) is -3.30. The predicted octanol–water partition coefficient (Wildman–Crippen LogP) is 0.849. The molecule has 1 saturated heterocycles. The first kappa shape index (κ1) is 15.2. The molecule has 0 amide bonds. The summed E-state index contributed by atoms with van der Waals surface area (Å²) in [5, 5.41) is 0.626. The van der Waals surface area contributed by atoms with Gasteiger partial charge in [0.25, 0.3) is 10.2 Å². The molecule has 8 heteroatoms. The number of nitrogens with zero attached hydrogens (tertiary/aromatic N) is 3. The summed E-state index contributed by atoms with van der Waals surface area (Å²) in [4.78, 5) is 6.48. The smallest absolute Gasteiger partial charge is 0.279 e. The Labute approximate surface area is 130 Å². The van der Waals surface area contributed by atoms with Crippen molar-refractivity contribution in [2.45, 2.75) is 25.4 Å². The normalized spacial score (nSPS) is 21.6. The Kier molecular flexibility index (Phi) is 4.46. The zero-order valence-electron chi connectivity index (χ0n) is 11.7. The first-order chi connectivity index (χ1) is 10.0. The van der Waals surface area contributed by atoms with E-state index < -0.39 is 10.2 Å². The van der Waals surface area contributed by atoms with E-state index in [-0.39, 0.29) is 6.04 Å². The lowest BCUT2D eigenvalue weighted by Crippen LogP contribution is -2.52. The molecule has 1 aromatic heterocycles. The summed E-state index contributed by atoms with van der Waals surface area (Å²) < 4.78 is 28.5. The van der Waals surface area contributed by atoms with E-state index in [1.54, 1.807) is 6.20 Å². The van der Waals surface area contributed by atoms with E-state index in [0.29, 0.717) is 18.1 Å². The van der Waals surface area contributed by atoms with E-state index in [1.165, 1.54) is 4.31 Å². The first-order valence-electron chi connectivity index (χ1n) is 7.13. The van der Waals surface area contributed by atoms with Crippen molar-refractivity contribution in [3.05, 3.63) is 29.0 Å². The number of hydrogen-bond donors (Lipinski definition) is 1. The van der Waals surface area contributed by atoms with Gasteiger partial charge in [0.05, 0.1) is 10.7 Å². The monoisotopic (exact) mass is 330 g/mol. The van der Waals surface area contributed by atoms with Crippen LogP contribution in [0.3, 0.4) is 0 Å². The summed E-state index contributed by atoms with van der Waals surface area (Å²) in [5.41, 5.74) is 0.951. The van der Waals surface area contributed by atoms with Gasteiger partial charge in [-0.1, -0.05) is 11.6 Å². The molecule has 116 valence electrons. The number of halogens is 1. The summed E-state index contributed by atoms with van der Waals surface area (Å²) >= 11 is 5.81. The zero-order valence-corrected chi connectivity index (χ0v) is 13.3. The fraction of sp³-hybridized carbons (Fsp3) is 0.615. The topological polar surface area (TPSA) is 65.5 Å². The highest BCUT2D eigenvalue weighted by atomic mass is 35.5. The van der Waals surface area contributed by atoms with Gasteiger partial charge in [0.2, 0.25) is 0 Å². The van der Waals surface area contributed by atoms with Crippen molar-refractivity contribution in [1.82, 2.24) is 18.9 Å². The number of aromatic nitrogens is 1. The van der Waals surface area contributed by atoms with Gasteiger partial charge in [-0.3, -0.25) is 9.88 Å². The van der Waals surface area contributed by atoms with Crippen molar-refractivity contribution in [3.63, 3.8) is 0 Å². The van der Waals surface area contributed by atoms with E-state index in [2.05, 4.69) is 14.6 Å². The molecule has 0 atom stereocenters. The average molecular weight is 331 g/mol. The van der Waals surface area contributed by atoms with Gasteiger partial charge in [0, 0.05) is 45.0 Å². The minimum absolute atomic E-state index is 0.159. The largest absolute Gasteiger partial charge is 0.295 e. The van der Waals surface area contributed by atoms with Gasteiger partial charge >= 0.3 is 0 Å². The van der Waals surface area contributed by atoms with E-state index >= 15 is 0 Å². The molecule has 1 saturated carbocycles. The predicted molar refractivity (Wildman–Crippen MR) is 81.2 cm³/mol. The van der Waals surface area contributed by atoms with Crippen molar-refractivity contribution in [2.24, 2.45) is 0 Å². The summed E-state index contributed by atoms with van der Waals surface area (Å²) in [6.07, 6.45) is 3.56. The van der Waals surface area contributed by atoms with E-state index in [1.807, 2.05) is 12.1 Å². The van der Waals surface area contributed by atoms with Gasteiger partial charge in [0.1, 0.15) is 0 Å². The third-order valence-corrected chi connectivity index (χ3v) is 5.64. The van der Waals surface area contributed by atoms with Crippen LogP contribution in [0.5, 0.6) is 0 Å². The lowest BCUT2D eigenvalue weighted by Gasteiger charge is -2.33. The fourth-order valence-electron chi connectivity index (χ4n) is 2.34. The molecule has 6 nitrogen and oxygen atoms in total. The van der Waals surface area contributed by atoms with Gasteiger partial charge in [-0.2, -0.15) is 17.4 Å². The Morgan fingerprint density at radius 2 is 1.95 bits per heavy atom. The van der Waals surface area contributed by atoms with Gasteiger partial charge in [0.15, 0.2) is 0 Å². The number of piperazine rings is 1. The molecule has 2 aliphatic rings. The molecule has 1 aromatic rings. The van der Waals surface area contributed by atoms with E-state index in [4.69, 9.17) is 11.6 Å². The van der Waals surface area contributed by atoms with Crippen LogP contribution in [0.15, 0.2) is 18.3 Å². The molecule has 1 N–H and O–H groups in total. The molecule has 0 bridgehead atoms. The van der Waals surface area contributed by atoms with Crippen LogP contribution in [0.1, 0.15) is 18.5 Å². The molecule has 0 unspecified atom stereocenters. The van der Waals surface area contributed by atoms with Crippen LogP contribution in [-0.2, 0) is 16.8 Å². The second kappa shape index (κ2) is 6.18. The number of pyridine rings is 1. The van der Waals surface area contributed by atoms with Gasteiger partial charge < -0.3 is 0 Å². The third kappa shape index (κ3) is 4.14. The van der Waals surface area contributed by atoms with Crippen LogP contribution in [0, 0.1) is 0 Å². The van der Waals surface area contributed by atoms with Gasteiger partial charge in [-0.15, -0.1) is 0 Å². The van der Waals surface area contributed by atoms with Crippen LogP contribution >= 0.6 is 11.6 Å². The third-order valence-electron chi connectivity index (χ3n) is 3.74. The second-order valence-corrected chi connectivity index (χ2v) is 7.68. The Bertz CT molecular complexity index is 581. The van der Waals surface area contributed by atoms with E-state index in [9.17, 15) is 8.42 Å². The second-order valence-electron chi connectivity index (χ2n) is 5.54. The molecule has 2 fully saturated rings. The standard InChI is InChI=1S/C13H19ClN4O2S/c14-11-1-2-13(15-9-11)10-17-5-7-18(8-6-17)21(19,20)16-12-3-4-12/h1-2,9,12,16H,3-8,10H2. The molecule has 21 heavy (non-hydrogen) atoms. The zero-order chi connectivity index (χ0) is 14.9. The summed E-state index contributed by atoms with van der Waals surface area (Å²) in [6.45, 7) is 3.21. The minimum atomic E-state index is -3.30. The highest BCUT2D eigenvalue weighted by Crippen LogP contribution is 2.21. The highest BCUT2D eigenvalue weighted by molar-refractivity contribution is 7.87. The number of nitrogens with one attached hydrogen (secondary N) is 1. The molecule has 0 spiro atoms. The lowest BCUT2D eigenvalue weighted by atomic mass is 10.3. The van der Waals surface area contributed by atoms with Crippen LogP contribution in [0.2, 0.25) is 5.02 Å². The average Bonchev–Trinajstić information content (AvgIpc) is 3.25. The molecule has 1 aliphatic carbocycles. The maximum Gasteiger partial charge on any atom is 0.279 e. The molecule has 0 radical (unpaired) electrons. The summed E-state index contributed by atoms with van der Waals surface area (Å²) in [6, 6.07) is 3.89. The number of hydrogen-bond acceptors (Lipinski definition) is 4. The van der Waals surface area contributed by atoms with Crippen LogP contribution < -0.4 is 4.72 Å². The van der Waals surface area contributed by atoms with Crippen molar-refractivity contribution in [1.29, 1.82) is 0 Å². The fourth-order valence-corrected chi connectivity index (χ4v) is 3.91. The van der Waals surface area contributed by atoms with Gasteiger partial charge in [-0.05, 0) is 25.0 Å². The highest BCUT2D eigenvalue weighted by Gasteiger charge is 2.32. The van der Waals surface area contributed by atoms with Gasteiger partial charge in [-0.25, -0.2) is 0 Å². The lowest BCUT2D eigenvalue weighted by molar-refractivity contribution is 0.179. The van der Waals surface area contributed by atoms with Crippen molar-refractivity contribution in [3.8, 4) is 0 Å². The quantitative estimate of drug-likeness (QED) is 0.869. The van der Waals surface area contributed by atoms with Crippen molar-refractivity contribution in [2.75, 3.05) is 26.2 Å². The van der Waals surface area contributed by atoms with Crippen molar-refractivity contribution < 1.29 is 8.42 Å². The molecule has 1 aliphatic heterocycles. The Morgan fingerprint density at radius 3 is 2.52 bits per heavy atom. The maximum atomic E-state index is 12.1. The van der Waals surface area contributed by atoms with Crippen molar-refractivity contribution >= 4 is 21.8 Å². The Hall–Kier alpha value is -0.730. The SMILES string of the molecule is O=S(=O)(NC1CC1)N1CCN(Cc2ccc(Cl)cn2)CC1. The maximum absolute atomic E-state index is 12.1. The Morgan fingerprint density at radius 1 is 1.24 bits per heavy atom. The molecular weight excluding hydrogens is 312 g/mol. The molecule has 0 aromatic carbocycles. The summed E-state index contributed by atoms with van der Waals surface area (Å²) in [5.74, 6) is 0. The Balaban J connectivity index is 1.51. The first-order valence-corrected chi connectivity index (χ1v) is 8.95. The van der Waals surface area contributed by atoms with Crippen LogP contribution in [0.25, 0.3) is 0 Å². The number of rotatable bonds is 5. The molecule has 3 rings (SSSR count). The minimum Gasteiger partial charge on any atom is -0.295 e. The molecule has 2 heterocycles. The molecular formula is C13H19ClN4O2S.